The van der Waals surface area contributed by atoms with E-state index in [1.165, 1.54) is 0 Å². The number of para-hydroxylation sites is 1. The monoisotopic (exact) mass is 362 g/mol. The van der Waals surface area contributed by atoms with E-state index in [2.05, 4.69) is 16.4 Å². The van der Waals surface area contributed by atoms with Crippen LogP contribution in [0, 0.1) is 12.8 Å². The maximum atomic E-state index is 11.6. The summed E-state index contributed by atoms with van der Waals surface area (Å²) in [7, 11) is 0. The largest absolute Gasteiger partial charge is 0.460 e. The van der Waals surface area contributed by atoms with Crippen molar-refractivity contribution in [1.29, 1.82) is 0 Å². The molecule has 2 atom stereocenters. The number of carbonyl (C=O) groups excluding carboxylic acids is 1. The highest BCUT2D eigenvalue weighted by Gasteiger charge is 2.40. The van der Waals surface area contributed by atoms with Gasteiger partial charge in [-0.1, -0.05) is 18.2 Å². The fraction of sp³-hybridized carbons (Fsp3) is 0.333. The third-order valence-corrected chi connectivity index (χ3v) is 5.49. The smallest absolute Gasteiger partial charge is 0.220 e. The summed E-state index contributed by atoms with van der Waals surface area (Å²) in [5.74, 6) is 2.29. The Morgan fingerprint density at radius 1 is 1.19 bits per heavy atom. The van der Waals surface area contributed by atoms with Crippen LogP contribution in [0.1, 0.15) is 17.7 Å². The first-order valence-electron chi connectivity index (χ1n) is 9.38. The fourth-order valence-corrected chi connectivity index (χ4v) is 4.21. The molecule has 2 aromatic heterocycles. The van der Waals surface area contributed by atoms with E-state index >= 15 is 0 Å². The lowest BCUT2D eigenvalue weighted by Crippen LogP contribution is -2.32. The number of hydrogen-bond acceptors (Lipinski definition) is 4. The SMILES string of the molecule is Cc1ccc(-c2nn(-c3ccccc3)cc2CN2C[C@@H]3CC(=O)N[C@@H]3C2)o1. The number of nitrogens with zero attached hydrogens (tertiary/aromatic N) is 3. The molecule has 138 valence electrons. The molecule has 0 saturated carbocycles. The summed E-state index contributed by atoms with van der Waals surface area (Å²) in [6, 6.07) is 14.4. The van der Waals surface area contributed by atoms with E-state index in [-0.39, 0.29) is 11.9 Å². The first-order chi connectivity index (χ1) is 13.2. The summed E-state index contributed by atoms with van der Waals surface area (Å²) in [6.45, 7) is 4.58. The second kappa shape index (κ2) is 6.39. The van der Waals surface area contributed by atoms with Gasteiger partial charge in [0.1, 0.15) is 11.5 Å². The highest BCUT2D eigenvalue weighted by molar-refractivity contribution is 5.79. The third kappa shape index (κ3) is 3.06. The van der Waals surface area contributed by atoms with Gasteiger partial charge in [-0.05, 0) is 31.2 Å². The van der Waals surface area contributed by atoms with Crippen molar-refractivity contribution in [3.63, 3.8) is 0 Å². The van der Waals surface area contributed by atoms with Gasteiger partial charge in [0.25, 0.3) is 0 Å². The van der Waals surface area contributed by atoms with Crippen LogP contribution in [0.15, 0.2) is 53.1 Å². The number of carbonyl (C=O) groups is 1. The van der Waals surface area contributed by atoms with Crippen LogP contribution in [0.2, 0.25) is 0 Å². The lowest BCUT2D eigenvalue weighted by atomic mass is 10.1. The standard InChI is InChI=1S/C21H22N4O2/c1-14-7-8-19(27-14)21-16(12-25(23-21)17-5-3-2-4-6-17)11-24-10-15-9-20(26)22-18(15)13-24/h2-8,12,15,18H,9-11,13H2,1H3,(H,22,26)/t15-,18+/m0/s1. The highest BCUT2D eigenvalue weighted by atomic mass is 16.3. The molecule has 0 aliphatic carbocycles. The van der Waals surface area contributed by atoms with Crippen molar-refractivity contribution in [3.8, 4) is 17.1 Å². The predicted molar refractivity (Wildman–Crippen MR) is 101 cm³/mol. The van der Waals surface area contributed by atoms with Crippen molar-refractivity contribution in [2.75, 3.05) is 13.1 Å². The zero-order valence-corrected chi connectivity index (χ0v) is 15.3. The Bertz CT molecular complexity index is 959. The van der Waals surface area contributed by atoms with Gasteiger partial charge in [-0.25, -0.2) is 4.68 Å². The van der Waals surface area contributed by atoms with E-state index in [9.17, 15) is 4.79 Å². The Morgan fingerprint density at radius 3 is 2.78 bits per heavy atom. The molecule has 0 unspecified atom stereocenters. The van der Waals surface area contributed by atoms with Gasteiger partial charge in [0.15, 0.2) is 5.76 Å². The van der Waals surface area contributed by atoms with Crippen LogP contribution in [0.25, 0.3) is 17.1 Å². The van der Waals surface area contributed by atoms with Gasteiger partial charge in [0.2, 0.25) is 5.91 Å². The molecule has 1 amide bonds. The van der Waals surface area contributed by atoms with Gasteiger partial charge in [-0.15, -0.1) is 0 Å². The minimum absolute atomic E-state index is 0.188. The normalized spacial score (nSPS) is 22.2. The number of nitrogens with one attached hydrogen (secondary N) is 1. The van der Waals surface area contributed by atoms with Crippen LogP contribution in [0.5, 0.6) is 0 Å². The molecular weight excluding hydrogens is 340 g/mol. The maximum Gasteiger partial charge on any atom is 0.220 e. The van der Waals surface area contributed by atoms with Gasteiger partial charge in [0, 0.05) is 49.8 Å². The zero-order valence-electron chi connectivity index (χ0n) is 15.3. The Kier molecular flexibility index (Phi) is 3.86. The van der Waals surface area contributed by atoms with Crippen LogP contribution in [0.3, 0.4) is 0 Å². The molecule has 4 heterocycles. The topological polar surface area (TPSA) is 63.3 Å². The molecule has 1 aromatic carbocycles. The van der Waals surface area contributed by atoms with Crippen LogP contribution in [0.4, 0.5) is 0 Å². The van der Waals surface area contributed by atoms with E-state index in [1.54, 1.807) is 0 Å². The van der Waals surface area contributed by atoms with Crippen molar-refractivity contribution in [2.24, 2.45) is 5.92 Å². The molecule has 2 saturated heterocycles. The van der Waals surface area contributed by atoms with Gasteiger partial charge in [0.05, 0.1) is 5.69 Å². The molecule has 6 heteroatoms. The third-order valence-electron chi connectivity index (χ3n) is 5.49. The number of fused-ring (bicyclic) bond motifs is 1. The number of amides is 1. The van der Waals surface area contributed by atoms with Crippen LogP contribution in [-0.2, 0) is 11.3 Å². The van der Waals surface area contributed by atoms with Crippen molar-refractivity contribution < 1.29 is 9.21 Å². The summed E-state index contributed by atoms with van der Waals surface area (Å²) in [5, 5.41) is 7.91. The van der Waals surface area contributed by atoms with Gasteiger partial charge < -0.3 is 9.73 Å². The summed E-state index contributed by atoms with van der Waals surface area (Å²) in [5.41, 5.74) is 3.05. The molecule has 2 fully saturated rings. The molecule has 27 heavy (non-hydrogen) atoms. The lowest BCUT2D eigenvalue weighted by molar-refractivity contribution is -0.119. The second-order valence-corrected chi connectivity index (χ2v) is 7.53. The molecular formula is C21H22N4O2. The Labute approximate surface area is 157 Å². The Hall–Kier alpha value is -2.86. The van der Waals surface area contributed by atoms with Crippen LogP contribution >= 0.6 is 0 Å². The van der Waals surface area contributed by atoms with E-state index < -0.39 is 0 Å². The molecule has 6 nitrogen and oxygen atoms in total. The molecule has 2 aliphatic heterocycles. The minimum atomic E-state index is 0.188. The number of furan rings is 1. The van der Waals surface area contributed by atoms with E-state index in [1.807, 2.05) is 54.1 Å². The molecule has 0 bridgehead atoms. The summed E-state index contributed by atoms with van der Waals surface area (Å²) in [6.07, 6.45) is 2.74. The van der Waals surface area contributed by atoms with E-state index in [4.69, 9.17) is 9.52 Å². The number of hydrogen-bond donors (Lipinski definition) is 1. The number of aryl methyl sites for hydroxylation is 1. The lowest BCUT2D eigenvalue weighted by Gasteiger charge is -2.16. The Morgan fingerprint density at radius 2 is 2.04 bits per heavy atom. The van der Waals surface area contributed by atoms with E-state index in [0.29, 0.717) is 12.3 Å². The molecule has 0 radical (unpaired) electrons. The number of aromatic nitrogens is 2. The average Bonchev–Trinajstić information content (AvgIpc) is 3.40. The maximum absolute atomic E-state index is 11.6. The quantitative estimate of drug-likeness (QED) is 0.775. The number of likely N-dealkylation sites (tertiary alicyclic amines) is 1. The summed E-state index contributed by atoms with van der Waals surface area (Å²) >= 11 is 0. The van der Waals surface area contributed by atoms with E-state index in [0.717, 1.165) is 48.1 Å². The van der Waals surface area contributed by atoms with Gasteiger partial charge in [-0.2, -0.15) is 5.10 Å². The Balaban J connectivity index is 1.45. The zero-order chi connectivity index (χ0) is 18.4. The first-order valence-corrected chi connectivity index (χ1v) is 9.38. The van der Waals surface area contributed by atoms with Gasteiger partial charge >= 0.3 is 0 Å². The summed E-state index contributed by atoms with van der Waals surface area (Å²) in [4.78, 5) is 14.0. The predicted octanol–water partition coefficient (Wildman–Crippen LogP) is 2.76. The van der Waals surface area contributed by atoms with Crippen molar-refractivity contribution in [1.82, 2.24) is 20.0 Å². The second-order valence-electron chi connectivity index (χ2n) is 7.53. The molecule has 0 spiro atoms. The van der Waals surface area contributed by atoms with Crippen molar-refractivity contribution in [3.05, 3.63) is 60.0 Å². The number of rotatable bonds is 4. The average molecular weight is 362 g/mol. The van der Waals surface area contributed by atoms with Gasteiger partial charge in [-0.3, -0.25) is 9.69 Å². The van der Waals surface area contributed by atoms with Crippen LogP contribution < -0.4 is 5.32 Å². The van der Waals surface area contributed by atoms with Crippen molar-refractivity contribution in [2.45, 2.75) is 25.9 Å². The highest BCUT2D eigenvalue weighted by Crippen LogP contribution is 2.30. The summed E-state index contributed by atoms with van der Waals surface area (Å²) < 4.78 is 7.78. The van der Waals surface area contributed by atoms with Crippen molar-refractivity contribution >= 4 is 5.91 Å². The number of benzene rings is 1. The molecule has 2 aliphatic rings. The van der Waals surface area contributed by atoms with Crippen LogP contribution in [-0.4, -0.2) is 39.7 Å². The minimum Gasteiger partial charge on any atom is -0.460 e. The molecule has 5 rings (SSSR count). The molecule has 3 aromatic rings. The molecule has 1 N–H and O–H groups in total. The first kappa shape index (κ1) is 16.3. The fourth-order valence-electron chi connectivity index (χ4n) is 4.21.